The summed E-state index contributed by atoms with van der Waals surface area (Å²) in [7, 11) is 0. The molecule has 9 heteroatoms. The first kappa shape index (κ1) is 18.8. The van der Waals surface area contributed by atoms with E-state index in [1.807, 2.05) is 5.32 Å². The first-order valence-corrected chi connectivity index (χ1v) is 6.75. The number of urea groups is 1. The minimum Gasteiger partial charge on any atom is -0.502 e. The number of halogens is 3. The van der Waals surface area contributed by atoms with Gasteiger partial charge in [0.1, 0.15) is 5.82 Å². The normalized spacial score (nSPS) is 14.3. The largest absolute Gasteiger partial charge is 0.502 e. The number of aliphatic hydroxyl groups is 1. The highest BCUT2D eigenvalue weighted by atomic mass is 19.4. The fraction of sp³-hybridized carbons (Fsp3) is 0.429. The summed E-state index contributed by atoms with van der Waals surface area (Å²) >= 11 is 0. The third-order valence-corrected chi connectivity index (χ3v) is 2.75. The van der Waals surface area contributed by atoms with E-state index in [1.54, 1.807) is 26.0 Å². The number of hydrogen-bond acceptors (Lipinski definition) is 4. The lowest BCUT2D eigenvalue weighted by Gasteiger charge is -2.27. The molecule has 0 fully saturated rings. The predicted molar refractivity (Wildman–Crippen MR) is 77.8 cm³/mol. The highest BCUT2D eigenvalue weighted by Crippen LogP contribution is 2.31. The van der Waals surface area contributed by atoms with Crippen LogP contribution in [-0.4, -0.2) is 41.1 Å². The van der Waals surface area contributed by atoms with E-state index in [9.17, 15) is 23.1 Å². The van der Waals surface area contributed by atoms with Gasteiger partial charge in [0.05, 0.1) is 19.4 Å². The maximum absolute atomic E-state index is 12.9. The molecule has 1 atom stereocenters. The fourth-order valence-electron chi connectivity index (χ4n) is 1.50. The number of carbonyl (C=O) groups excluding carboxylic acids is 1. The quantitative estimate of drug-likeness (QED) is 0.698. The Morgan fingerprint density at radius 2 is 2.13 bits per heavy atom. The molecule has 0 aliphatic heterocycles. The van der Waals surface area contributed by atoms with Gasteiger partial charge >= 0.3 is 12.2 Å². The van der Waals surface area contributed by atoms with Gasteiger partial charge in [-0.15, -0.1) is 0 Å². The Morgan fingerprint density at radius 3 is 2.70 bits per heavy atom. The Balaban J connectivity index is 2.69. The summed E-state index contributed by atoms with van der Waals surface area (Å²) in [6.07, 6.45) is -3.79. The van der Waals surface area contributed by atoms with Crippen LogP contribution in [0.3, 0.4) is 0 Å². The maximum atomic E-state index is 12.9. The van der Waals surface area contributed by atoms with Gasteiger partial charge in [0.15, 0.2) is 5.60 Å². The highest BCUT2D eigenvalue weighted by molar-refractivity contribution is 5.88. The van der Waals surface area contributed by atoms with E-state index in [0.29, 0.717) is 11.8 Å². The molecule has 0 aliphatic carbocycles. The van der Waals surface area contributed by atoms with Gasteiger partial charge in [-0.2, -0.15) is 13.2 Å². The van der Waals surface area contributed by atoms with Crippen molar-refractivity contribution in [1.29, 1.82) is 0 Å². The molecule has 0 aromatic carbocycles. The van der Waals surface area contributed by atoms with E-state index >= 15 is 0 Å². The monoisotopic (exact) mass is 333 g/mol. The van der Waals surface area contributed by atoms with Gasteiger partial charge in [-0.25, -0.2) is 9.78 Å². The number of rotatable bonds is 6. The number of hydrogen-bond donors (Lipinski definition) is 3. The van der Waals surface area contributed by atoms with E-state index in [-0.39, 0.29) is 12.4 Å². The van der Waals surface area contributed by atoms with Crippen LogP contribution in [0.1, 0.15) is 12.6 Å². The molecular formula is C14H18F3N3O3. The minimum absolute atomic E-state index is 0.150. The zero-order valence-corrected chi connectivity index (χ0v) is 12.6. The Labute approximate surface area is 131 Å². The lowest BCUT2D eigenvalue weighted by Crippen LogP contribution is -2.52. The summed E-state index contributed by atoms with van der Waals surface area (Å²) in [5, 5.41) is 13.9. The third-order valence-electron chi connectivity index (χ3n) is 2.75. The molecule has 1 rings (SSSR count). The molecule has 1 heterocycles. The lowest BCUT2D eigenvalue weighted by atomic mass is 10.0. The Kier molecular flexibility index (Phi) is 6.38. The summed E-state index contributed by atoms with van der Waals surface area (Å²) in [5.41, 5.74) is -2.60. The molecule has 0 bridgehead atoms. The number of alkyl halides is 3. The second-order valence-electron chi connectivity index (χ2n) is 4.65. The van der Waals surface area contributed by atoms with Gasteiger partial charge in [-0.05, 0) is 32.1 Å². The molecule has 23 heavy (non-hydrogen) atoms. The Bertz CT molecular complexity index is 564. The van der Waals surface area contributed by atoms with Crippen LogP contribution in [0.15, 0.2) is 30.5 Å². The van der Waals surface area contributed by atoms with Crippen molar-refractivity contribution in [2.24, 2.45) is 0 Å². The molecule has 0 aliphatic rings. The average molecular weight is 333 g/mol. The molecule has 0 radical (unpaired) electrons. The molecule has 3 N–H and O–H groups in total. The number of carbonyl (C=O) groups is 1. The first-order chi connectivity index (χ1) is 10.7. The van der Waals surface area contributed by atoms with Gasteiger partial charge in [0.2, 0.25) is 0 Å². The SMILES string of the molecule is CCO/C=C/C(O)(CNC(=O)Nc1cccc(C)n1)C(F)(F)F. The number of aromatic nitrogens is 1. The molecular weight excluding hydrogens is 315 g/mol. The fourth-order valence-corrected chi connectivity index (χ4v) is 1.50. The smallest absolute Gasteiger partial charge is 0.422 e. The van der Waals surface area contributed by atoms with Crippen molar-refractivity contribution in [2.45, 2.75) is 25.6 Å². The van der Waals surface area contributed by atoms with E-state index in [2.05, 4.69) is 15.0 Å². The Morgan fingerprint density at radius 1 is 1.43 bits per heavy atom. The second kappa shape index (κ2) is 7.82. The molecule has 128 valence electrons. The number of aryl methyl sites for hydroxylation is 1. The zero-order valence-electron chi connectivity index (χ0n) is 12.6. The van der Waals surface area contributed by atoms with Crippen LogP contribution in [-0.2, 0) is 4.74 Å². The van der Waals surface area contributed by atoms with Crippen LogP contribution in [0.25, 0.3) is 0 Å². The topological polar surface area (TPSA) is 83.5 Å². The van der Waals surface area contributed by atoms with Crippen molar-refractivity contribution in [2.75, 3.05) is 18.5 Å². The van der Waals surface area contributed by atoms with Gasteiger partial charge in [-0.1, -0.05) is 6.07 Å². The number of anilines is 1. The minimum atomic E-state index is -4.98. The summed E-state index contributed by atoms with van der Waals surface area (Å²) in [6, 6.07) is 3.90. The summed E-state index contributed by atoms with van der Waals surface area (Å²) in [6.45, 7) is 2.36. The lowest BCUT2D eigenvalue weighted by molar-refractivity contribution is -0.237. The molecule has 6 nitrogen and oxygen atoms in total. The van der Waals surface area contributed by atoms with Gasteiger partial charge < -0.3 is 15.2 Å². The number of pyridine rings is 1. The van der Waals surface area contributed by atoms with Crippen LogP contribution in [0.2, 0.25) is 0 Å². The number of ether oxygens (including phenoxy) is 1. The van der Waals surface area contributed by atoms with Gasteiger partial charge in [-0.3, -0.25) is 5.32 Å². The van der Waals surface area contributed by atoms with Crippen LogP contribution in [0.5, 0.6) is 0 Å². The molecule has 1 aromatic rings. The zero-order chi connectivity index (χ0) is 17.5. The summed E-state index contributed by atoms with van der Waals surface area (Å²) in [5.74, 6) is 0.183. The standard InChI is InChI=1S/C14H18F3N3O3/c1-3-23-8-7-13(22,14(15,16)17)9-18-12(21)20-11-6-4-5-10(2)19-11/h4-8,22H,3,9H2,1-2H3,(H2,18,19,20,21)/b8-7+. The second-order valence-corrected chi connectivity index (χ2v) is 4.65. The molecule has 0 saturated heterocycles. The summed E-state index contributed by atoms with van der Waals surface area (Å²) in [4.78, 5) is 15.6. The molecule has 1 aromatic heterocycles. The number of nitrogens with zero attached hydrogens (tertiary/aromatic N) is 1. The van der Waals surface area contributed by atoms with Crippen LogP contribution in [0.4, 0.5) is 23.8 Å². The van der Waals surface area contributed by atoms with Crippen molar-refractivity contribution in [3.63, 3.8) is 0 Å². The highest BCUT2D eigenvalue weighted by Gasteiger charge is 2.52. The van der Waals surface area contributed by atoms with Crippen molar-refractivity contribution in [3.8, 4) is 0 Å². The number of nitrogens with one attached hydrogen (secondary N) is 2. The van der Waals surface area contributed by atoms with Crippen LogP contribution in [0, 0.1) is 6.92 Å². The van der Waals surface area contributed by atoms with Crippen LogP contribution >= 0.6 is 0 Å². The number of amides is 2. The van der Waals surface area contributed by atoms with Crippen LogP contribution < -0.4 is 10.6 Å². The van der Waals surface area contributed by atoms with E-state index in [0.717, 1.165) is 6.26 Å². The van der Waals surface area contributed by atoms with Crippen molar-refractivity contribution in [3.05, 3.63) is 36.2 Å². The van der Waals surface area contributed by atoms with Crippen molar-refractivity contribution >= 4 is 11.8 Å². The third kappa shape index (κ3) is 5.78. The van der Waals surface area contributed by atoms with E-state index < -0.39 is 24.4 Å². The summed E-state index contributed by atoms with van der Waals surface area (Å²) < 4.78 is 43.4. The van der Waals surface area contributed by atoms with Gasteiger partial charge in [0.25, 0.3) is 0 Å². The van der Waals surface area contributed by atoms with Crippen molar-refractivity contribution < 1.29 is 27.8 Å². The molecule has 2 amide bonds. The Hall–Kier alpha value is -2.29. The maximum Gasteiger partial charge on any atom is 0.422 e. The molecule has 1 unspecified atom stereocenters. The van der Waals surface area contributed by atoms with Gasteiger partial charge in [0, 0.05) is 5.69 Å². The predicted octanol–water partition coefficient (Wildman–Crippen LogP) is 2.36. The first-order valence-electron chi connectivity index (χ1n) is 6.75. The van der Waals surface area contributed by atoms with Crippen molar-refractivity contribution in [1.82, 2.24) is 10.3 Å². The molecule has 0 saturated carbocycles. The molecule has 0 spiro atoms. The average Bonchev–Trinajstić information content (AvgIpc) is 2.44. The van der Waals surface area contributed by atoms with E-state index in [4.69, 9.17) is 0 Å². The van der Waals surface area contributed by atoms with E-state index in [1.165, 1.54) is 6.07 Å².